The van der Waals surface area contributed by atoms with Gasteiger partial charge in [-0.2, -0.15) is 0 Å². The van der Waals surface area contributed by atoms with Gasteiger partial charge in [-0.3, -0.25) is 9.69 Å². The van der Waals surface area contributed by atoms with Crippen LogP contribution in [0.4, 0.5) is 0 Å². The molecule has 4 heteroatoms. The van der Waals surface area contributed by atoms with E-state index in [1.807, 2.05) is 13.8 Å². The third-order valence-corrected chi connectivity index (χ3v) is 3.51. The van der Waals surface area contributed by atoms with Crippen molar-refractivity contribution in [2.24, 2.45) is 0 Å². The molecular formula is C12H24N2O2. The number of nitrogens with one attached hydrogen (secondary N) is 1. The van der Waals surface area contributed by atoms with Crippen LogP contribution in [0.1, 0.15) is 40.5 Å². The number of nitrogens with zero attached hydrogens (tertiary/aromatic N) is 1. The molecule has 1 saturated heterocycles. The zero-order chi connectivity index (χ0) is 12.3. The second-order valence-electron chi connectivity index (χ2n) is 4.99. The summed E-state index contributed by atoms with van der Waals surface area (Å²) in [5.74, 6) is 0.0159. The fraction of sp³-hybridized carbons (Fsp3) is 0.917. The minimum atomic E-state index is -0.164. The van der Waals surface area contributed by atoms with E-state index in [9.17, 15) is 4.79 Å². The number of rotatable bonds is 4. The molecule has 0 aromatic rings. The van der Waals surface area contributed by atoms with E-state index in [4.69, 9.17) is 5.11 Å². The maximum atomic E-state index is 11.9. The summed E-state index contributed by atoms with van der Waals surface area (Å²) in [6, 6.07) is 0.671. The first-order valence-corrected chi connectivity index (χ1v) is 6.16. The van der Waals surface area contributed by atoms with Crippen molar-refractivity contribution < 1.29 is 9.90 Å². The summed E-state index contributed by atoms with van der Waals surface area (Å²) in [6.07, 6.45) is 2.32. The molecule has 1 heterocycles. The lowest BCUT2D eigenvalue weighted by molar-refractivity contribution is -0.127. The number of carbonyl (C=O) groups excluding carboxylic acids is 1. The Bertz CT molecular complexity index is 235. The van der Waals surface area contributed by atoms with E-state index in [0.717, 1.165) is 12.8 Å². The maximum absolute atomic E-state index is 11.9. The predicted octanol–water partition coefficient (Wildman–Crippen LogP) is 0.745. The monoisotopic (exact) mass is 228 g/mol. The molecule has 1 aliphatic rings. The van der Waals surface area contributed by atoms with Crippen LogP contribution in [0.5, 0.6) is 0 Å². The molecule has 4 atom stereocenters. The van der Waals surface area contributed by atoms with Crippen LogP contribution < -0.4 is 5.32 Å². The molecule has 16 heavy (non-hydrogen) atoms. The number of hydrogen-bond donors (Lipinski definition) is 2. The minimum absolute atomic E-state index is 0.0104. The Kier molecular flexibility index (Phi) is 4.74. The molecule has 0 aromatic heterocycles. The molecule has 94 valence electrons. The molecule has 0 saturated carbocycles. The lowest BCUT2D eigenvalue weighted by Crippen LogP contribution is -2.51. The summed E-state index contributed by atoms with van der Waals surface area (Å²) in [7, 11) is 0. The van der Waals surface area contributed by atoms with Crippen molar-refractivity contribution in [3.8, 4) is 0 Å². The molecule has 0 aromatic carbocycles. The van der Waals surface area contributed by atoms with Crippen molar-refractivity contribution in [2.45, 2.75) is 64.7 Å². The van der Waals surface area contributed by atoms with Crippen LogP contribution in [-0.4, -0.2) is 46.7 Å². The van der Waals surface area contributed by atoms with E-state index in [0.29, 0.717) is 12.1 Å². The van der Waals surface area contributed by atoms with Crippen molar-refractivity contribution in [2.75, 3.05) is 6.61 Å². The zero-order valence-electron chi connectivity index (χ0n) is 10.7. The van der Waals surface area contributed by atoms with Gasteiger partial charge in [0.2, 0.25) is 5.91 Å². The van der Waals surface area contributed by atoms with Crippen molar-refractivity contribution in [1.29, 1.82) is 0 Å². The minimum Gasteiger partial charge on any atom is -0.394 e. The van der Waals surface area contributed by atoms with Gasteiger partial charge in [0.25, 0.3) is 0 Å². The molecule has 0 aliphatic carbocycles. The second kappa shape index (κ2) is 5.64. The van der Waals surface area contributed by atoms with E-state index < -0.39 is 0 Å². The summed E-state index contributed by atoms with van der Waals surface area (Å²) >= 11 is 0. The van der Waals surface area contributed by atoms with Gasteiger partial charge < -0.3 is 10.4 Å². The average Bonchev–Trinajstić information content (AvgIpc) is 2.57. The van der Waals surface area contributed by atoms with Crippen LogP contribution in [0, 0.1) is 0 Å². The van der Waals surface area contributed by atoms with Gasteiger partial charge in [-0.05, 0) is 40.5 Å². The van der Waals surface area contributed by atoms with Crippen molar-refractivity contribution >= 4 is 5.91 Å². The fourth-order valence-electron chi connectivity index (χ4n) is 2.52. The maximum Gasteiger partial charge on any atom is 0.237 e. The van der Waals surface area contributed by atoms with E-state index >= 15 is 0 Å². The van der Waals surface area contributed by atoms with Gasteiger partial charge in [0.15, 0.2) is 0 Å². The molecule has 1 aliphatic heterocycles. The Morgan fingerprint density at radius 1 is 1.38 bits per heavy atom. The largest absolute Gasteiger partial charge is 0.394 e. The Hall–Kier alpha value is -0.610. The van der Waals surface area contributed by atoms with Gasteiger partial charge >= 0.3 is 0 Å². The van der Waals surface area contributed by atoms with Crippen LogP contribution >= 0.6 is 0 Å². The van der Waals surface area contributed by atoms with E-state index in [-0.39, 0.29) is 24.6 Å². The van der Waals surface area contributed by atoms with Crippen LogP contribution in [0.25, 0.3) is 0 Å². The van der Waals surface area contributed by atoms with E-state index in [2.05, 4.69) is 24.1 Å². The van der Waals surface area contributed by atoms with Crippen molar-refractivity contribution in [3.05, 3.63) is 0 Å². The van der Waals surface area contributed by atoms with Crippen LogP contribution in [-0.2, 0) is 4.79 Å². The SMILES string of the molecule is C[C@H](CO)NC(=O)[C@H](C)N1[C@H](C)CC[C@H]1C. The highest BCUT2D eigenvalue weighted by Gasteiger charge is 2.34. The third kappa shape index (κ3) is 2.95. The lowest BCUT2D eigenvalue weighted by Gasteiger charge is -2.32. The van der Waals surface area contributed by atoms with E-state index in [1.165, 1.54) is 0 Å². The number of aliphatic hydroxyl groups excluding tert-OH is 1. The molecule has 1 rings (SSSR count). The quantitative estimate of drug-likeness (QED) is 0.746. The standard InChI is InChI=1S/C12H24N2O2/c1-8(7-15)13-12(16)11(4)14-9(2)5-6-10(14)3/h8-11,15H,5-7H2,1-4H3,(H,13,16)/t8-,9-,10-,11+/m1/s1. The highest BCUT2D eigenvalue weighted by molar-refractivity contribution is 5.81. The first kappa shape index (κ1) is 13.5. The number of aliphatic hydroxyl groups is 1. The summed E-state index contributed by atoms with van der Waals surface area (Å²) in [4.78, 5) is 14.2. The van der Waals surface area contributed by atoms with Crippen LogP contribution in [0.2, 0.25) is 0 Å². The Morgan fingerprint density at radius 3 is 2.31 bits per heavy atom. The summed E-state index contributed by atoms with van der Waals surface area (Å²) in [6.45, 7) is 8.08. The van der Waals surface area contributed by atoms with Crippen molar-refractivity contribution in [3.63, 3.8) is 0 Å². The van der Waals surface area contributed by atoms with Gasteiger partial charge in [0.1, 0.15) is 0 Å². The molecule has 1 amide bonds. The number of hydrogen-bond acceptors (Lipinski definition) is 3. The van der Waals surface area contributed by atoms with Crippen LogP contribution in [0.3, 0.4) is 0 Å². The highest BCUT2D eigenvalue weighted by atomic mass is 16.3. The number of carbonyl (C=O) groups is 1. The van der Waals surface area contributed by atoms with Gasteiger partial charge in [-0.15, -0.1) is 0 Å². The summed E-state index contributed by atoms with van der Waals surface area (Å²) < 4.78 is 0. The van der Waals surface area contributed by atoms with Gasteiger partial charge in [-0.1, -0.05) is 0 Å². The molecule has 0 bridgehead atoms. The topological polar surface area (TPSA) is 52.6 Å². The predicted molar refractivity (Wildman–Crippen MR) is 64.1 cm³/mol. The zero-order valence-corrected chi connectivity index (χ0v) is 10.7. The molecular weight excluding hydrogens is 204 g/mol. The van der Waals surface area contributed by atoms with Gasteiger partial charge in [0.05, 0.1) is 12.6 Å². The molecule has 0 radical (unpaired) electrons. The molecule has 4 nitrogen and oxygen atoms in total. The van der Waals surface area contributed by atoms with Crippen LogP contribution in [0.15, 0.2) is 0 Å². The number of amides is 1. The second-order valence-corrected chi connectivity index (χ2v) is 4.99. The normalized spacial score (nSPS) is 30.1. The first-order chi connectivity index (χ1) is 7.47. The van der Waals surface area contributed by atoms with E-state index in [1.54, 1.807) is 0 Å². The lowest BCUT2D eigenvalue weighted by atomic mass is 10.2. The molecule has 0 unspecified atom stereocenters. The third-order valence-electron chi connectivity index (χ3n) is 3.51. The summed E-state index contributed by atoms with van der Waals surface area (Å²) in [5, 5.41) is 11.7. The van der Waals surface area contributed by atoms with Crippen molar-refractivity contribution in [1.82, 2.24) is 10.2 Å². The Labute approximate surface area is 98.0 Å². The average molecular weight is 228 g/mol. The van der Waals surface area contributed by atoms with Gasteiger partial charge in [0, 0.05) is 18.1 Å². The smallest absolute Gasteiger partial charge is 0.237 e. The highest BCUT2D eigenvalue weighted by Crippen LogP contribution is 2.25. The molecule has 2 N–H and O–H groups in total. The van der Waals surface area contributed by atoms with Gasteiger partial charge in [-0.25, -0.2) is 0 Å². The fourth-order valence-corrected chi connectivity index (χ4v) is 2.52. The molecule has 1 fully saturated rings. The Balaban J connectivity index is 2.55. The molecule has 0 spiro atoms. The summed E-state index contributed by atoms with van der Waals surface area (Å²) in [5.41, 5.74) is 0. The Morgan fingerprint density at radius 2 is 1.88 bits per heavy atom. The number of likely N-dealkylation sites (tertiary alicyclic amines) is 1. The first-order valence-electron chi connectivity index (χ1n) is 6.16.